The fourth-order valence-corrected chi connectivity index (χ4v) is 2.93. The molecule has 23 heavy (non-hydrogen) atoms. The van der Waals surface area contributed by atoms with Crippen molar-refractivity contribution in [3.8, 4) is 0 Å². The van der Waals surface area contributed by atoms with Crippen LogP contribution in [-0.2, 0) is 0 Å². The first-order chi connectivity index (χ1) is 11.3. The zero-order valence-corrected chi connectivity index (χ0v) is 14.7. The fraction of sp³-hybridized carbons (Fsp3) is 0.941. The molecule has 6 heteroatoms. The molecule has 1 aliphatic heterocycles. The van der Waals surface area contributed by atoms with Crippen LogP contribution in [-0.4, -0.2) is 17.2 Å². The number of hydrogen-bond acceptors (Lipinski definition) is 6. The SMILES string of the molecule is N[C@H](O)CCCCCCCCCCCCCCCC1=NNNN1. The molecule has 0 fully saturated rings. The van der Waals surface area contributed by atoms with E-state index in [1.165, 1.54) is 77.0 Å². The number of amidine groups is 1. The molecule has 0 radical (unpaired) electrons. The van der Waals surface area contributed by atoms with Gasteiger partial charge in [-0.2, -0.15) is 0 Å². The Morgan fingerprint density at radius 1 is 0.783 bits per heavy atom. The molecule has 0 aromatic carbocycles. The third-order valence-electron chi connectivity index (χ3n) is 4.37. The van der Waals surface area contributed by atoms with E-state index < -0.39 is 6.23 Å². The molecule has 1 heterocycles. The first-order valence-corrected chi connectivity index (χ1v) is 9.55. The van der Waals surface area contributed by atoms with Crippen LogP contribution in [0.3, 0.4) is 0 Å². The van der Waals surface area contributed by atoms with Crippen LogP contribution in [0.25, 0.3) is 0 Å². The van der Waals surface area contributed by atoms with Gasteiger partial charge in [0, 0.05) is 6.42 Å². The second-order valence-electron chi connectivity index (χ2n) is 6.62. The molecule has 0 unspecified atom stereocenters. The summed E-state index contributed by atoms with van der Waals surface area (Å²) in [6.45, 7) is 0. The Balaban J connectivity index is 1.67. The van der Waals surface area contributed by atoms with Crippen molar-refractivity contribution in [1.82, 2.24) is 16.5 Å². The van der Waals surface area contributed by atoms with Crippen molar-refractivity contribution < 1.29 is 5.11 Å². The summed E-state index contributed by atoms with van der Waals surface area (Å²) < 4.78 is 0. The van der Waals surface area contributed by atoms with E-state index in [2.05, 4.69) is 21.6 Å². The lowest BCUT2D eigenvalue weighted by molar-refractivity contribution is 0.168. The van der Waals surface area contributed by atoms with Gasteiger partial charge in [0.2, 0.25) is 0 Å². The van der Waals surface area contributed by atoms with Gasteiger partial charge in [-0.15, -0.1) is 10.6 Å². The lowest BCUT2D eigenvalue weighted by atomic mass is 10.0. The number of aliphatic hydroxyl groups excluding tert-OH is 1. The van der Waals surface area contributed by atoms with Crippen LogP contribution >= 0.6 is 0 Å². The van der Waals surface area contributed by atoms with Crippen molar-refractivity contribution >= 4 is 5.84 Å². The normalized spacial score (nSPS) is 15.1. The van der Waals surface area contributed by atoms with Crippen molar-refractivity contribution in [2.75, 3.05) is 0 Å². The van der Waals surface area contributed by atoms with E-state index in [1.54, 1.807) is 0 Å². The Labute approximate surface area is 141 Å². The van der Waals surface area contributed by atoms with E-state index >= 15 is 0 Å². The van der Waals surface area contributed by atoms with Gasteiger partial charge < -0.3 is 10.8 Å². The van der Waals surface area contributed by atoms with Crippen LogP contribution in [0.4, 0.5) is 0 Å². The third kappa shape index (κ3) is 13.3. The maximum atomic E-state index is 8.96. The number of hydrazone groups is 1. The van der Waals surface area contributed by atoms with Crippen molar-refractivity contribution in [3.63, 3.8) is 0 Å². The molecule has 136 valence electrons. The highest BCUT2D eigenvalue weighted by atomic mass is 16.3. The molecule has 0 bridgehead atoms. The summed E-state index contributed by atoms with van der Waals surface area (Å²) in [6, 6.07) is 0. The van der Waals surface area contributed by atoms with Gasteiger partial charge in [0.15, 0.2) is 0 Å². The Morgan fingerprint density at radius 2 is 1.26 bits per heavy atom. The Kier molecular flexibility index (Phi) is 12.9. The van der Waals surface area contributed by atoms with E-state index in [4.69, 9.17) is 10.8 Å². The minimum Gasteiger partial charge on any atom is -0.379 e. The van der Waals surface area contributed by atoms with E-state index in [-0.39, 0.29) is 0 Å². The molecule has 0 aromatic heterocycles. The average molecular weight is 328 g/mol. The second kappa shape index (κ2) is 14.7. The zero-order chi connectivity index (χ0) is 16.6. The van der Waals surface area contributed by atoms with Gasteiger partial charge in [-0.3, -0.25) is 5.43 Å². The van der Waals surface area contributed by atoms with Crippen molar-refractivity contribution in [2.24, 2.45) is 10.8 Å². The molecule has 0 saturated heterocycles. The molecular formula is C17H37N5O. The monoisotopic (exact) mass is 327 g/mol. The van der Waals surface area contributed by atoms with Gasteiger partial charge >= 0.3 is 0 Å². The van der Waals surface area contributed by atoms with Crippen molar-refractivity contribution in [1.29, 1.82) is 0 Å². The molecule has 6 N–H and O–H groups in total. The number of aliphatic hydroxyl groups is 1. The number of unbranched alkanes of at least 4 members (excludes halogenated alkanes) is 12. The number of nitrogens with two attached hydrogens (primary N) is 1. The number of rotatable bonds is 16. The van der Waals surface area contributed by atoms with Gasteiger partial charge in [-0.1, -0.05) is 70.6 Å². The first-order valence-electron chi connectivity index (χ1n) is 9.55. The smallest absolute Gasteiger partial charge is 0.139 e. The zero-order valence-electron chi connectivity index (χ0n) is 14.7. The van der Waals surface area contributed by atoms with Gasteiger partial charge in [0.05, 0.1) is 0 Å². The minimum atomic E-state index is -0.614. The van der Waals surface area contributed by atoms with E-state index in [0.717, 1.165) is 25.1 Å². The summed E-state index contributed by atoms with van der Waals surface area (Å²) in [5.41, 5.74) is 13.7. The van der Waals surface area contributed by atoms with Gasteiger partial charge in [0.1, 0.15) is 12.1 Å². The quantitative estimate of drug-likeness (QED) is 0.222. The molecule has 1 atom stereocenters. The van der Waals surface area contributed by atoms with Crippen LogP contribution < -0.4 is 22.2 Å². The Morgan fingerprint density at radius 3 is 1.70 bits per heavy atom. The Hall–Kier alpha value is -0.850. The molecule has 0 amide bonds. The molecule has 1 aliphatic rings. The Bertz CT molecular complexity index is 297. The second-order valence-corrected chi connectivity index (χ2v) is 6.62. The lowest BCUT2D eigenvalue weighted by Crippen LogP contribution is -2.34. The van der Waals surface area contributed by atoms with Crippen LogP contribution in [0.15, 0.2) is 5.10 Å². The molecule has 6 nitrogen and oxygen atoms in total. The number of hydrogen-bond donors (Lipinski definition) is 5. The van der Waals surface area contributed by atoms with E-state index in [1.807, 2.05) is 0 Å². The largest absolute Gasteiger partial charge is 0.379 e. The lowest BCUT2D eigenvalue weighted by Gasteiger charge is -2.04. The molecular weight excluding hydrogens is 290 g/mol. The predicted molar refractivity (Wildman–Crippen MR) is 96.3 cm³/mol. The van der Waals surface area contributed by atoms with Crippen molar-refractivity contribution in [3.05, 3.63) is 0 Å². The molecule has 0 spiro atoms. The number of nitrogens with zero attached hydrogens (tertiary/aromatic N) is 1. The molecule has 1 rings (SSSR count). The highest BCUT2D eigenvalue weighted by molar-refractivity contribution is 5.82. The summed E-state index contributed by atoms with van der Waals surface area (Å²) in [6.07, 6.45) is 18.2. The van der Waals surface area contributed by atoms with Crippen LogP contribution in [0.5, 0.6) is 0 Å². The topological polar surface area (TPSA) is 94.7 Å². The standard InChI is InChI=1S/C17H37N5O/c18-16(23)14-12-10-8-6-4-2-1-3-5-7-9-11-13-15-17-19-21-22-20-17/h16,21-23H,1-15,18H2,(H,19,20)/t16-/m1/s1. The highest BCUT2D eigenvalue weighted by Gasteiger charge is 2.02. The maximum Gasteiger partial charge on any atom is 0.139 e. The maximum absolute atomic E-state index is 8.96. The highest BCUT2D eigenvalue weighted by Crippen LogP contribution is 2.13. The van der Waals surface area contributed by atoms with Crippen LogP contribution in [0, 0.1) is 0 Å². The summed E-state index contributed by atoms with van der Waals surface area (Å²) in [5.74, 6) is 1.02. The molecule has 0 saturated carbocycles. The fourth-order valence-electron chi connectivity index (χ4n) is 2.93. The van der Waals surface area contributed by atoms with Crippen LogP contribution in [0.1, 0.15) is 96.3 Å². The average Bonchev–Trinajstić information content (AvgIpc) is 3.04. The summed E-state index contributed by atoms with van der Waals surface area (Å²) in [5, 5.41) is 13.0. The van der Waals surface area contributed by atoms with E-state index in [0.29, 0.717) is 0 Å². The minimum absolute atomic E-state index is 0.614. The predicted octanol–water partition coefficient (Wildman–Crippen LogP) is 3.04. The molecule has 0 aliphatic carbocycles. The van der Waals surface area contributed by atoms with Crippen molar-refractivity contribution in [2.45, 2.75) is 103 Å². The first kappa shape index (κ1) is 20.2. The van der Waals surface area contributed by atoms with Gasteiger partial charge in [-0.05, 0) is 19.3 Å². The van der Waals surface area contributed by atoms with Gasteiger partial charge in [-0.25, -0.2) is 5.53 Å². The summed E-state index contributed by atoms with van der Waals surface area (Å²) in [4.78, 5) is 0. The molecule has 0 aromatic rings. The summed E-state index contributed by atoms with van der Waals surface area (Å²) in [7, 11) is 0. The van der Waals surface area contributed by atoms with E-state index in [9.17, 15) is 0 Å². The summed E-state index contributed by atoms with van der Waals surface area (Å²) >= 11 is 0. The third-order valence-corrected chi connectivity index (χ3v) is 4.37. The van der Waals surface area contributed by atoms with Gasteiger partial charge in [0.25, 0.3) is 0 Å². The number of nitrogens with one attached hydrogen (secondary N) is 3. The number of hydrazine groups is 2. The van der Waals surface area contributed by atoms with Crippen LogP contribution in [0.2, 0.25) is 0 Å².